The highest BCUT2D eigenvalue weighted by molar-refractivity contribution is 7.99. The van der Waals surface area contributed by atoms with Crippen molar-refractivity contribution >= 4 is 33.3 Å². The molecule has 0 bridgehead atoms. The van der Waals surface area contributed by atoms with Gasteiger partial charge >= 0.3 is 0 Å². The summed E-state index contributed by atoms with van der Waals surface area (Å²) in [6, 6.07) is 18.1. The fourth-order valence-electron chi connectivity index (χ4n) is 3.17. The van der Waals surface area contributed by atoms with Crippen LogP contribution in [0.25, 0.3) is 21.3 Å². The Morgan fingerprint density at radius 2 is 1.83 bits per heavy atom. The van der Waals surface area contributed by atoms with Crippen molar-refractivity contribution in [2.45, 2.75) is 25.4 Å². The van der Waals surface area contributed by atoms with Gasteiger partial charge in [0.2, 0.25) is 0 Å². The number of hydrogen-bond acceptors (Lipinski definition) is 5. The number of rotatable bonds is 7. The molecule has 0 saturated carbocycles. The third-order valence-corrected chi connectivity index (χ3v) is 6.55. The van der Waals surface area contributed by atoms with E-state index in [0.29, 0.717) is 17.1 Å². The second-order valence-electron chi connectivity index (χ2n) is 6.81. The molecule has 0 aliphatic rings. The molecule has 6 heteroatoms. The van der Waals surface area contributed by atoms with E-state index in [1.54, 1.807) is 23.1 Å². The van der Waals surface area contributed by atoms with Crippen LogP contribution in [0.4, 0.5) is 0 Å². The maximum Gasteiger partial charge on any atom is 0.260 e. The first-order valence-corrected chi connectivity index (χ1v) is 11.3. The van der Waals surface area contributed by atoms with Crippen LogP contribution in [0.2, 0.25) is 0 Å². The number of thioether (sulfide) groups is 1. The molecule has 0 spiro atoms. The smallest absolute Gasteiger partial charge is 0.260 e. The zero-order chi connectivity index (χ0) is 20.2. The van der Waals surface area contributed by atoms with Crippen LogP contribution in [0, 0.1) is 13.8 Å². The van der Waals surface area contributed by atoms with Gasteiger partial charge in [-0.2, -0.15) is 0 Å². The largest absolute Gasteiger partial charge is 0.494 e. The number of hydrogen-bond donors (Lipinski definition) is 1. The van der Waals surface area contributed by atoms with Crippen LogP contribution in [0.5, 0.6) is 5.75 Å². The van der Waals surface area contributed by atoms with Crippen LogP contribution in [0.15, 0.2) is 64.5 Å². The first kappa shape index (κ1) is 19.7. The van der Waals surface area contributed by atoms with E-state index in [-0.39, 0.29) is 5.56 Å². The number of nitrogens with one attached hydrogen (secondary N) is 1. The third kappa shape index (κ3) is 4.54. The highest BCUT2D eigenvalue weighted by Gasteiger charge is 2.16. The van der Waals surface area contributed by atoms with Gasteiger partial charge in [-0.25, -0.2) is 4.98 Å². The van der Waals surface area contributed by atoms with E-state index < -0.39 is 0 Å². The lowest BCUT2D eigenvalue weighted by Crippen LogP contribution is -2.09. The number of aromatic amines is 1. The van der Waals surface area contributed by atoms with Crippen molar-refractivity contribution in [3.05, 3.63) is 75.4 Å². The number of thiophene rings is 1. The molecule has 0 saturated heterocycles. The number of ether oxygens (including phenoxy) is 1. The molecule has 0 aliphatic carbocycles. The summed E-state index contributed by atoms with van der Waals surface area (Å²) >= 11 is 3.13. The summed E-state index contributed by atoms with van der Waals surface area (Å²) in [5, 5.41) is 1.35. The van der Waals surface area contributed by atoms with E-state index in [9.17, 15) is 4.79 Å². The van der Waals surface area contributed by atoms with Gasteiger partial charge < -0.3 is 9.72 Å². The number of H-pyrrole nitrogens is 1. The predicted octanol–water partition coefficient (Wildman–Crippen LogP) is 5.83. The van der Waals surface area contributed by atoms with Crippen molar-refractivity contribution in [3.8, 4) is 16.9 Å². The molecule has 4 rings (SSSR count). The second-order valence-corrected chi connectivity index (χ2v) is 9.10. The standard InChI is InChI=1S/C23H22N2O2S2/c1-15-9-11-18(12-10-15)27-13-6-14-28-23-24-21(26)20-19(16(2)29-22(20)25-23)17-7-4-3-5-8-17/h3-5,7-12H,6,13-14H2,1-2H3,(H,24,25,26). The molecular weight excluding hydrogens is 400 g/mol. The minimum Gasteiger partial charge on any atom is -0.494 e. The molecule has 0 fully saturated rings. The summed E-state index contributed by atoms with van der Waals surface area (Å²) in [5.74, 6) is 1.71. The minimum atomic E-state index is -0.0726. The Morgan fingerprint density at radius 3 is 2.59 bits per heavy atom. The molecule has 0 amide bonds. The maximum absolute atomic E-state index is 12.8. The fraction of sp³-hybridized carbons (Fsp3) is 0.217. The summed E-state index contributed by atoms with van der Waals surface area (Å²) in [7, 11) is 0. The zero-order valence-electron chi connectivity index (χ0n) is 16.4. The lowest BCUT2D eigenvalue weighted by molar-refractivity contribution is 0.318. The molecule has 2 heterocycles. The number of fused-ring (bicyclic) bond motifs is 1. The van der Waals surface area contributed by atoms with Crippen LogP contribution in [-0.4, -0.2) is 22.3 Å². The van der Waals surface area contributed by atoms with Gasteiger partial charge in [0.15, 0.2) is 5.16 Å². The van der Waals surface area contributed by atoms with Gasteiger partial charge in [0.25, 0.3) is 5.56 Å². The molecule has 2 aromatic carbocycles. The van der Waals surface area contributed by atoms with E-state index in [1.165, 1.54) is 5.56 Å². The molecule has 0 atom stereocenters. The molecule has 148 valence electrons. The molecule has 4 aromatic rings. The molecule has 0 unspecified atom stereocenters. The first-order valence-electron chi connectivity index (χ1n) is 9.53. The fourth-order valence-corrected chi connectivity index (χ4v) is 5.05. The lowest BCUT2D eigenvalue weighted by Gasteiger charge is -2.06. The highest BCUT2D eigenvalue weighted by atomic mass is 32.2. The van der Waals surface area contributed by atoms with Gasteiger partial charge in [-0.15, -0.1) is 11.3 Å². The number of benzene rings is 2. The summed E-state index contributed by atoms with van der Waals surface area (Å²) in [6.07, 6.45) is 0.874. The summed E-state index contributed by atoms with van der Waals surface area (Å²) in [4.78, 5) is 22.3. The Bertz CT molecular complexity index is 1170. The van der Waals surface area contributed by atoms with E-state index in [0.717, 1.165) is 38.8 Å². The van der Waals surface area contributed by atoms with Crippen LogP contribution < -0.4 is 10.3 Å². The Labute approximate surface area is 178 Å². The average molecular weight is 423 g/mol. The summed E-state index contributed by atoms with van der Waals surface area (Å²) < 4.78 is 5.76. The number of aryl methyl sites for hydroxylation is 2. The molecule has 0 aliphatic heterocycles. The SMILES string of the molecule is Cc1ccc(OCCCSc2nc3sc(C)c(-c4ccccc4)c3c(=O)[nH]2)cc1. The Morgan fingerprint density at radius 1 is 1.07 bits per heavy atom. The minimum absolute atomic E-state index is 0.0726. The lowest BCUT2D eigenvalue weighted by atomic mass is 10.0. The maximum atomic E-state index is 12.8. The van der Waals surface area contributed by atoms with Gasteiger partial charge in [-0.3, -0.25) is 4.79 Å². The quantitative estimate of drug-likeness (QED) is 0.231. The third-order valence-electron chi connectivity index (χ3n) is 4.60. The van der Waals surface area contributed by atoms with Crippen LogP contribution in [0.1, 0.15) is 16.9 Å². The zero-order valence-corrected chi connectivity index (χ0v) is 18.0. The van der Waals surface area contributed by atoms with Gasteiger partial charge in [-0.1, -0.05) is 59.8 Å². The average Bonchev–Trinajstić information content (AvgIpc) is 3.06. The summed E-state index contributed by atoms with van der Waals surface area (Å²) in [5.41, 5.74) is 3.19. The molecule has 2 aromatic heterocycles. The monoisotopic (exact) mass is 422 g/mol. The highest BCUT2D eigenvalue weighted by Crippen LogP contribution is 2.35. The van der Waals surface area contributed by atoms with Crippen molar-refractivity contribution in [2.75, 3.05) is 12.4 Å². The van der Waals surface area contributed by atoms with Crippen molar-refractivity contribution in [2.24, 2.45) is 0 Å². The molecule has 0 radical (unpaired) electrons. The summed E-state index contributed by atoms with van der Waals surface area (Å²) in [6.45, 7) is 4.74. The molecular formula is C23H22N2O2S2. The van der Waals surface area contributed by atoms with Crippen LogP contribution in [-0.2, 0) is 0 Å². The predicted molar refractivity (Wildman–Crippen MR) is 122 cm³/mol. The van der Waals surface area contributed by atoms with E-state index in [2.05, 4.69) is 11.9 Å². The van der Waals surface area contributed by atoms with E-state index in [1.807, 2.05) is 61.5 Å². The van der Waals surface area contributed by atoms with Crippen molar-refractivity contribution < 1.29 is 4.74 Å². The first-order chi connectivity index (χ1) is 14.1. The van der Waals surface area contributed by atoms with Crippen LogP contribution in [0.3, 0.4) is 0 Å². The Balaban J connectivity index is 1.43. The van der Waals surface area contributed by atoms with E-state index >= 15 is 0 Å². The van der Waals surface area contributed by atoms with Crippen molar-refractivity contribution in [1.29, 1.82) is 0 Å². The van der Waals surface area contributed by atoms with Gasteiger partial charge in [0, 0.05) is 16.2 Å². The normalized spacial score (nSPS) is 11.1. The van der Waals surface area contributed by atoms with Gasteiger partial charge in [0.05, 0.1) is 12.0 Å². The van der Waals surface area contributed by atoms with Crippen molar-refractivity contribution in [3.63, 3.8) is 0 Å². The second kappa shape index (κ2) is 8.84. The molecule has 1 N–H and O–H groups in total. The van der Waals surface area contributed by atoms with Crippen LogP contribution >= 0.6 is 23.1 Å². The topological polar surface area (TPSA) is 55.0 Å². The number of nitrogens with zero attached hydrogens (tertiary/aromatic N) is 1. The molecule has 4 nitrogen and oxygen atoms in total. The van der Waals surface area contributed by atoms with E-state index in [4.69, 9.17) is 9.72 Å². The molecule has 29 heavy (non-hydrogen) atoms. The van der Waals surface area contributed by atoms with Crippen molar-refractivity contribution in [1.82, 2.24) is 9.97 Å². The van der Waals surface area contributed by atoms with Gasteiger partial charge in [0.1, 0.15) is 10.6 Å². The van der Waals surface area contributed by atoms with Gasteiger partial charge in [-0.05, 0) is 38.0 Å². The number of aromatic nitrogens is 2. The Hall–Kier alpha value is -2.57. The Kier molecular flexibility index (Phi) is 6.02.